The minimum Gasteiger partial charge on any atom is -0.462 e. The minimum absolute atomic E-state index is 0.510. The largest absolute Gasteiger partial charge is 0.462 e. The molecule has 0 aromatic rings. The Balaban J connectivity index is 3.40. The van der Waals surface area contributed by atoms with Crippen molar-refractivity contribution in [1.29, 1.82) is 0 Å². The molecule has 0 aromatic heterocycles. The van der Waals surface area contributed by atoms with Crippen molar-refractivity contribution >= 4 is 87.9 Å². The molecule has 0 radical (unpaired) electrons. The second kappa shape index (κ2) is 14.8. The lowest BCUT2D eigenvalue weighted by Crippen LogP contribution is -2.63. The first-order valence-electron chi connectivity index (χ1n) is 8.59. The number of carbonyl (C=O) groups is 5. The summed E-state index contributed by atoms with van der Waals surface area (Å²) in [5, 5.41) is 0. The normalized spacial score (nSPS) is 24.7. The fraction of sp³-hybridized carbons (Fsp3) is 0.688. The lowest BCUT2D eigenvalue weighted by Gasteiger charge is -2.43. The van der Waals surface area contributed by atoms with E-state index in [1.54, 1.807) is 0 Å². The summed E-state index contributed by atoms with van der Waals surface area (Å²) < 4.78 is 30.9. The van der Waals surface area contributed by atoms with Crippen LogP contribution < -0.4 is 0 Å². The Bertz CT molecular complexity index is 691. The molecule has 0 saturated carbocycles. The molecule has 1 aliphatic rings. The molecule has 0 bridgehead atoms. The Labute approximate surface area is 206 Å². The van der Waals surface area contributed by atoms with Gasteiger partial charge in [-0.15, -0.1) is 58.0 Å². The molecule has 182 valence electrons. The van der Waals surface area contributed by atoms with E-state index in [0.29, 0.717) is 0 Å². The van der Waals surface area contributed by atoms with Crippen LogP contribution in [0.5, 0.6) is 0 Å². The van der Waals surface area contributed by atoms with E-state index in [2.05, 4.69) is 0 Å². The molecule has 1 heterocycles. The van der Waals surface area contributed by atoms with E-state index in [4.69, 9.17) is 86.4 Å². The SMILES string of the molecule is O=C(CCl)OCC1OC(OC(=O)CCl)[C@H](OC(=O)CCl)[C@@H](OC(=O)CCl)[C@@H]1OC(=O)CCl. The highest BCUT2D eigenvalue weighted by Gasteiger charge is 2.54. The summed E-state index contributed by atoms with van der Waals surface area (Å²) >= 11 is 27.2. The van der Waals surface area contributed by atoms with Crippen LogP contribution in [0.2, 0.25) is 0 Å². The smallest absolute Gasteiger partial charge is 0.323 e. The van der Waals surface area contributed by atoms with Gasteiger partial charge in [-0.2, -0.15) is 0 Å². The molecule has 1 aliphatic heterocycles. The van der Waals surface area contributed by atoms with Crippen molar-refractivity contribution in [1.82, 2.24) is 0 Å². The summed E-state index contributed by atoms with van der Waals surface area (Å²) in [6.07, 6.45) is -7.97. The molecule has 0 amide bonds. The van der Waals surface area contributed by atoms with Gasteiger partial charge in [0.2, 0.25) is 12.4 Å². The molecular formula is C16H17Cl5O11. The van der Waals surface area contributed by atoms with E-state index in [0.717, 1.165) is 0 Å². The minimum atomic E-state index is -1.73. The molecule has 1 saturated heterocycles. The number of rotatable bonds is 11. The number of carbonyl (C=O) groups excluding carboxylic acids is 5. The first-order chi connectivity index (χ1) is 15.2. The number of esters is 5. The molecule has 5 atom stereocenters. The maximum absolute atomic E-state index is 11.9. The number of ether oxygens (including phenoxy) is 6. The van der Waals surface area contributed by atoms with Gasteiger partial charge in [-0.25, -0.2) is 0 Å². The van der Waals surface area contributed by atoms with Crippen LogP contribution in [0.3, 0.4) is 0 Å². The first kappa shape index (κ1) is 28.8. The van der Waals surface area contributed by atoms with E-state index in [9.17, 15) is 24.0 Å². The molecule has 32 heavy (non-hydrogen) atoms. The van der Waals surface area contributed by atoms with Crippen molar-refractivity contribution < 1.29 is 52.4 Å². The highest BCUT2D eigenvalue weighted by Crippen LogP contribution is 2.30. The van der Waals surface area contributed by atoms with Crippen molar-refractivity contribution in [3.8, 4) is 0 Å². The molecular weight excluding hydrogens is 545 g/mol. The van der Waals surface area contributed by atoms with Gasteiger partial charge in [0.25, 0.3) is 0 Å². The molecule has 0 aliphatic carbocycles. The van der Waals surface area contributed by atoms with Crippen LogP contribution in [-0.4, -0.2) is 96.6 Å². The Morgan fingerprint density at radius 1 is 0.562 bits per heavy atom. The maximum atomic E-state index is 11.9. The lowest BCUT2D eigenvalue weighted by molar-refractivity contribution is -0.299. The Hall–Kier alpha value is -1.24. The molecule has 2 unspecified atom stereocenters. The summed E-state index contributed by atoms with van der Waals surface area (Å²) in [4.78, 5) is 58.9. The third-order valence-electron chi connectivity index (χ3n) is 3.60. The number of halogens is 5. The fourth-order valence-corrected chi connectivity index (χ4v) is 2.76. The summed E-state index contributed by atoms with van der Waals surface area (Å²) in [5.74, 6) is -7.89. The van der Waals surface area contributed by atoms with Crippen LogP contribution >= 0.6 is 58.0 Å². The van der Waals surface area contributed by atoms with Crippen LogP contribution in [0, 0.1) is 0 Å². The van der Waals surface area contributed by atoms with Gasteiger partial charge in [0.1, 0.15) is 42.1 Å². The molecule has 11 nitrogen and oxygen atoms in total. The van der Waals surface area contributed by atoms with Crippen molar-refractivity contribution in [3.63, 3.8) is 0 Å². The number of hydrogen-bond donors (Lipinski definition) is 0. The fourth-order valence-electron chi connectivity index (χ4n) is 2.43. The molecule has 0 N–H and O–H groups in total. The average molecular weight is 563 g/mol. The van der Waals surface area contributed by atoms with Crippen LogP contribution in [-0.2, 0) is 52.4 Å². The van der Waals surface area contributed by atoms with E-state index in [-0.39, 0.29) is 0 Å². The van der Waals surface area contributed by atoms with E-state index >= 15 is 0 Å². The molecule has 0 spiro atoms. The van der Waals surface area contributed by atoms with Crippen molar-refractivity contribution in [2.75, 3.05) is 36.0 Å². The third-order valence-corrected chi connectivity index (χ3v) is 4.69. The van der Waals surface area contributed by atoms with Gasteiger partial charge in [-0.1, -0.05) is 0 Å². The van der Waals surface area contributed by atoms with E-state index < -0.39 is 96.6 Å². The van der Waals surface area contributed by atoms with Crippen molar-refractivity contribution in [3.05, 3.63) is 0 Å². The predicted molar refractivity (Wildman–Crippen MR) is 109 cm³/mol. The van der Waals surface area contributed by atoms with Gasteiger partial charge in [0, 0.05) is 0 Å². The van der Waals surface area contributed by atoms with Gasteiger partial charge < -0.3 is 28.4 Å². The van der Waals surface area contributed by atoms with Crippen LogP contribution in [0.4, 0.5) is 0 Å². The molecule has 1 rings (SSSR count). The highest BCUT2D eigenvalue weighted by molar-refractivity contribution is 6.27. The third kappa shape index (κ3) is 8.95. The van der Waals surface area contributed by atoms with Gasteiger partial charge >= 0.3 is 29.8 Å². The van der Waals surface area contributed by atoms with Crippen LogP contribution in [0.1, 0.15) is 0 Å². The van der Waals surface area contributed by atoms with Crippen LogP contribution in [0.15, 0.2) is 0 Å². The van der Waals surface area contributed by atoms with Crippen molar-refractivity contribution in [2.45, 2.75) is 30.7 Å². The Morgan fingerprint density at radius 3 is 1.44 bits per heavy atom. The maximum Gasteiger partial charge on any atom is 0.323 e. The summed E-state index contributed by atoms with van der Waals surface area (Å²) in [6, 6.07) is 0. The Kier molecular flexibility index (Phi) is 13.3. The van der Waals surface area contributed by atoms with Gasteiger partial charge in [-0.3, -0.25) is 24.0 Å². The monoisotopic (exact) mass is 560 g/mol. The van der Waals surface area contributed by atoms with Crippen molar-refractivity contribution in [2.24, 2.45) is 0 Å². The summed E-state index contributed by atoms with van der Waals surface area (Å²) in [6.45, 7) is -0.591. The lowest BCUT2D eigenvalue weighted by atomic mass is 9.98. The van der Waals surface area contributed by atoms with Gasteiger partial charge in [0.05, 0.1) is 0 Å². The zero-order valence-corrected chi connectivity index (χ0v) is 19.8. The standard InChI is InChI=1S/C16H17Cl5O11/c17-1-8(22)27-6-7-13(29-9(23)2-18)14(30-10(24)3-19)15(31-11(25)4-20)16(28-7)32-12(26)5-21/h7,13-16H,1-6H2/t7?,13-,14+,15-,16?/m1/s1. The van der Waals surface area contributed by atoms with Gasteiger partial charge in [0.15, 0.2) is 12.2 Å². The van der Waals surface area contributed by atoms with E-state index in [1.807, 2.05) is 0 Å². The van der Waals surface area contributed by atoms with Crippen LogP contribution in [0.25, 0.3) is 0 Å². The number of alkyl halides is 5. The quantitative estimate of drug-likeness (QED) is 0.200. The second-order valence-electron chi connectivity index (χ2n) is 5.75. The number of hydrogen-bond acceptors (Lipinski definition) is 11. The average Bonchev–Trinajstić information content (AvgIpc) is 2.80. The first-order valence-corrected chi connectivity index (χ1v) is 11.3. The molecule has 1 fully saturated rings. The summed E-state index contributed by atoms with van der Waals surface area (Å²) in [5.41, 5.74) is 0. The predicted octanol–water partition coefficient (Wildman–Crippen LogP) is 0.727. The summed E-state index contributed by atoms with van der Waals surface area (Å²) in [7, 11) is 0. The highest BCUT2D eigenvalue weighted by atomic mass is 35.5. The van der Waals surface area contributed by atoms with E-state index in [1.165, 1.54) is 0 Å². The zero-order chi connectivity index (χ0) is 24.3. The zero-order valence-electron chi connectivity index (χ0n) is 16.0. The van der Waals surface area contributed by atoms with Gasteiger partial charge in [-0.05, 0) is 0 Å². The molecule has 0 aromatic carbocycles. The topological polar surface area (TPSA) is 141 Å². The molecule has 16 heteroatoms. The Morgan fingerprint density at radius 2 is 0.969 bits per heavy atom. The second-order valence-corrected chi connectivity index (χ2v) is 7.08.